The van der Waals surface area contributed by atoms with Gasteiger partial charge in [-0.2, -0.15) is 0 Å². The lowest BCUT2D eigenvalue weighted by atomic mass is 10.1. The molecule has 1 aliphatic heterocycles. The maximum Gasteiger partial charge on any atom is 0.220 e. The predicted octanol–water partition coefficient (Wildman–Crippen LogP) is 2.93. The van der Waals surface area contributed by atoms with Crippen LogP contribution in [0.2, 0.25) is 0 Å². The highest BCUT2D eigenvalue weighted by Gasteiger charge is 2.05. The van der Waals surface area contributed by atoms with E-state index in [1.807, 2.05) is 0 Å². The minimum Gasteiger partial charge on any atom is -0.356 e. The number of hydrogen-bond donors (Lipinski definition) is 1. The van der Waals surface area contributed by atoms with Crippen molar-refractivity contribution < 1.29 is 4.79 Å². The van der Waals surface area contributed by atoms with Gasteiger partial charge in [0.15, 0.2) is 0 Å². The summed E-state index contributed by atoms with van der Waals surface area (Å²) in [5, 5.41) is 2.68. The Hall–Kier alpha value is -1.31. The first-order chi connectivity index (χ1) is 7.83. The van der Waals surface area contributed by atoms with Crippen LogP contribution in [-0.2, 0) is 11.2 Å². The Morgan fingerprint density at radius 1 is 1.25 bits per heavy atom. The van der Waals surface area contributed by atoms with Crippen LogP contribution >= 0.6 is 0 Å². The molecule has 0 unspecified atom stereocenters. The van der Waals surface area contributed by atoms with Gasteiger partial charge in [0.05, 0.1) is 0 Å². The molecular weight excluding hydrogens is 198 g/mol. The highest BCUT2D eigenvalue weighted by Crippen LogP contribution is 2.03. The molecule has 1 aliphatic rings. The first-order valence-corrected chi connectivity index (χ1v) is 6.13. The van der Waals surface area contributed by atoms with E-state index in [2.05, 4.69) is 42.6 Å². The lowest BCUT2D eigenvalue weighted by molar-refractivity contribution is -0.119. The molecule has 0 bridgehead atoms. The molecule has 0 aromatic heterocycles. The zero-order valence-electron chi connectivity index (χ0n) is 10.0. The second-order valence-electron chi connectivity index (χ2n) is 4.04. The highest BCUT2D eigenvalue weighted by atomic mass is 16.1. The van der Waals surface area contributed by atoms with Crippen LogP contribution < -0.4 is 5.32 Å². The van der Waals surface area contributed by atoms with Crippen molar-refractivity contribution in [3.05, 3.63) is 35.9 Å². The average Bonchev–Trinajstić information content (AvgIpc) is 2.80. The van der Waals surface area contributed by atoms with Crippen molar-refractivity contribution in [2.45, 2.75) is 39.0 Å². The zero-order valence-corrected chi connectivity index (χ0v) is 10.0. The van der Waals surface area contributed by atoms with Crippen LogP contribution in [0.3, 0.4) is 0 Å². The topological polar surface area (TPSA) is 29.1 Å². The third-order valence-electron chi connectivity index (χ3n) is 2.56. The van der Waals surface area contributed by atoms with Crippen LogP contribution in [0.5, 0.6) is 0 Å². The standard InChI is InChI=1S/C10H14.C4H7NO/c1-2-3-7-10-8-5-4-6-9-10;6-4-2-1-3-5-4/h4-6,8-9H,2-3,7H2,1H3;1-3H2,(H,5,6). The van der Waals surface area contributed by atoms with E-state index in [9.17, 15) is 4.79 Å². The fourth-order valence-corrected chi connectivity index (χ4v) is 1.59. The zero-order chi connectivity index (χ0) is 11.6. The van der Waals surface area contributed by atoms with Crippen LogP contribution in [0.1, 0.15) is 38.2 Å². The third-order valence-corrected chi connectivity index (χ3v) is 2.56. The van der Waals surface area contributed by atoms with E-state index in [-0.39, 0.29) is 5.91 Å². The summed E-state index contributed by atoms with van der Waals surface area (Å²) in [6.45, 7) is 3.11. The van der Waals surface area contributed by atoms with Gasteiger partial charge >= 0.3 is 0 Å². The second-order valence-corrected chi connectivity index (χ2v) is 4.04. The van der Waals surface area contributed by atoms with Gasteiger partial charge in [0.2, 0.25) is 5.91 Å². The lowest BCUT2D eigenvalue weighted by Crippen LogP contribution is -2.12. The van der Waals surface area contributed by atoms with Crippen LogP contribution in [0.25, 0.3) is 0 Å². The van der Waals surface area contributed by atoms with Crippen LogP contribution in [-0.4, -0.2) is 12.5 Å². The van der Waals surface area contributed by atoms with E-state index < -0.39 is 0 Å². The lowest BCUT2D eigenvalue weighted by Gasteiger charge is -1.96. The molecule has 16 heavy (non-hydrogen) atoms. The number of carbonyl (C=O) groups is 1. The van der Waals surface area contributed by atoms with Gasteiger partial charge < -0.3 is 5.32 Å². The molecule has 1 aromatic rings. The number of unbranched alkanes of at least 4 members (excludes halogenated alkanes) is 1. The summed E-state index contributed by atoms with van der Waals surface area (Å²) < 4.78 is 0. The molecule has 88 valence electrons. The SMILES string of the molecule is CCCCc1ccccc1.O=C1CCCN1. The largest absolute Gasteiger partial charge is 0.356 e. The van der Waals surface area contributed by atoms with Gasteiger partial charge in [0.1, 0.15) is 0 Å². The molecule has 1 N–H and O–H groups in total. The number of rotatable bonds is 3. The number of amides is 1. The molecule has 1 heterocycles. The molecule has 1 fully saturated rings. The van der Waals surface area contributed by atoms with E-state index in [4.69, 9.17) is 0 Å². The van der Waals surface area contributed by atoms with Crippen LogP contribution in [0.4, 0.5) is 0 Å². The second kappa shape index (κ2) is 7.91. The highest BCUT2D eigenvalue weighted by molar-refractivity contribution is 5.77. The summed E-state index contributed by atoms with van der Waals surface area (Å²) in [4.78, 5) is 10.1. The Balaban J connectivity index is 0.000000181. The minimum absolute atomic E-state index is 0.204. The molecule has 1 saturated heterocycles. The maximum atomic E-state index is 10.1. The molecule has 0 radical (unpaired) electrons. The Kier molecular flexibility index (Phi) is 6.31. The van der Waals surface area contributed by atoms with E-state index in [0.717, 1.165) is 19.4 Å². The van der Waals surface area contributed by atoms with Gasteiger partial charge in [-0.05, 0) is 24.8 Å². The van der Waals surface area contributed by atoms with Gasteiger partial charge in [-0.3, -0.25) is 4.79 Å². The van der Waals surface area contributed by atoms with Gasteiger partial charge in [-0.25, -0.2) is 0 Å². The molecular formula is C14H21NO. The van der Waals surface area contributed by atoms with Gasteiger partial charge in [0.25, 0.3) is 0 Å². The Morgan fingerprint density at radius 3 is 2.44 bits per heavy atom. The van der Waals surface area contributed by atoms with Crippen LogP contribution in [0.15, 0.2) is 30.3 Å². The maximum absolute atomic E-state index is 10.1. The minimum atomic E-state index is 0.204. The Labute approximate surface area is 98.1 Å². The summed E-state index contributed by atoms with van der Waals surface area (Å²) in [5.41, 5.74) is 1.46. The van der Waals surface area contributed by atoms with Crippen molar-refractivity contribution in [3.63, 3.8) is 0 Å². The molecule has 1 amide bonds. The van der Waals surface area contributed by atoms with Crippen molar-refractivity contribution in [1.29, 1.82) is 0 Å². The Morgan fingerprint density at radius 2 is 2.00 bits per heavy atom. The first-order valence-electron chi connectivity index (χ1n) is 6.13. The van der Waals surface area contributed by atoms with Crippen molar-refractivity contribution in [2.75, 3.05) is 6.54 Å². The first kappa shape index (κ1) is 12.8. The number of carbonyl (C=O) groups excluding carboxylic acids is 1. The number of nitrogens with one attached hydrogen (secondary N) is 1. The number of benzene rings is 1. The third kappa shape index (κ3) is 5.54. The molecule has 0 saturated carbocycles. The molecule has 2 nitrogen and oxygen atoms in total. The summed E-state index contributed by atoms with van der Waals surface area (Å²) in [6.07, 6.45) is 5.59. The van der Waals surface area contributed by atoms with Crippen LogP contribution in [0, 0.1) is 0 Å². The van der Waals surface area contributed by atoms with Gasteiger partial charge in [-0.1, -0.05) is 43.7 Å². The Bertz CT molecular complexity index is 287. The summed E-state index contributed by atoms with van der Waals surface area (Å²) in [6, 6.07) is 10.6. The fraction of sp³-hybridized carbons (Fsp3) is 0.500. The van der Waals surface area contributed by atoms with Gasteiger partial charge in [-0.15, -0.1) is 0 Å². The molecule has 0 spiro atoms. The average molecular weight is 219 g/mol. The summed E-state index contributed by atoms with van der Waals surface area (Å²) in [7, 11) is 0. The fourth-order valence-electron chi connectivity index (χ4n) is 1.59. The molecule has 2 rings (SSSR count). The molecule has 1 aromatic carbocycles. The summed E-state index contributed by atoms with van der Waals surface area (Å²) in [5.74, 6) is 0.204. The monoisotopic (exact) mass is 219 g/mol. The number of aryl methyl sites for hydroxylation is 1. The van der Waals surface area contributed by atoms with Crippen molar-refractivity contribution in [2.24, 2.45) is 0 Å². The van der Waals surface area contributed by atoms with Gasteiger partial charge in [0, 0.05) is 13.0 Å². The predicted molar refractivity (Wildman–Crippen MR) is 67.3 cm³/mol. The van der Waals surface area contributed by atoms with Crippen molar-refractivity contribution in [3.8, 4) is 0 Å². The number of hydrogen-bond acceptors (Lipinski definition) is 1. The van der Waals surface area contributed by atoms with Crippen molar-refractivity contribution >= 4 is 5.91 Å². The van der Waals surface area contributed by atoms with E-state index in [1.165, 1.54) is 24.8 Å². The van der Waals surface area contributed by atoms with Crippen molar-refractivity contribution in [1.82, 2.24) is 5.32 Å². The molecule has 0 aliphatic carbocycles. The van der Waals surface area contributed by atoms with E-state index >= 15 is 0 Å². The van der Waals surface area contributed by atoms with E-state index in [0.29, 0.717) is 0 Å². The molecule has 2 heteroatoms. The molecule has 0 atom stereocenters. The quantitative estimate of drug-likeness (QED) is 0.832. The summed E-state index contributed by atoms with van der Waals surface area (Å²) >= 11 is 0. The van der Waals surface area contributed by atoms with E-state index in [1.54, 1.807) is 0 Å². The smallest absolute Gasteiger partial charge is 0.220 e. The normalized spacial score (nSPS) is 13.9.